The van der Waals surface area contributed by atoms with Gasteiger partial charge in [-0.3, -0.25) is 0 Å². The minimum atomic E-state index is -0.722. The predicted molar refractivity (Wildman–Crippen MR) is 42.0 cm³/mol. The number of carbonyl (C=O) groups is 1. The highest BCUT2D eigenvalue weighted by molar-refractivity contribution is 5.74. The average Bonchev–Trinajstić information content (AvgIpc) is 2.11. The Kier molecular flexibility index (Phi) is 5.80. The summed E-state index contributed by atoms with van der Waals surface area (Å²) >= 11 is 0. The van der Waals surface area contributed by atoms with Crippen LogP contribution in [0.25, 0.3) is 0 Å². The number of rotatable bonds is 5. The van der Waals surface area contributed by atoms with Gasteiger partial charge in [0.15, 0.2) is 0 Å². The minimum absolute atomic E-state index is 0.481. The Morgan fingerprint density at radius 1 is 1.67 bits per heavy atom. The molecule has 0 fully saturated rings. The maximum atomic E-state index is 10.9. The van der Waals surface area contributed by atoms with E-state index < -0.39 is 12.1 Å². The molecule has 0 aliphatic carbocycles. The Hall–Kier alpha value is -1.24. The predicted octanol–water partition coefficient (Wildman–Crippen LogP) is 1.22. The van der Waals surface area contributed by atoms with Gasteiger partial charge in [0.05, 0.1) is 7.11 Å². The lowest BCUT2D eigenvalue weighted by Gasteiger charge is -2.09. The van der Waals surface area contributed by atoms with Gasteiger partial charge in [-0.05, 0) is 12.8 Å². The monoisotopic (exact) mass is 171 g/mol. The lowest BCUT2D eigenvalue weighted by atomic mass is 10.2. The van der Waals surface area contributed by atoms with Crippen LogP contribution in [0.3, 0.4) is 0 Å². The molecule has 0 rings (SSSR count). The van der Waals surface area contributed by atoms with Crippen molar-refractivity contribution >= 4 is 5.97 Å². The molecule has 1 unspecified atom stereocenters. The largest absolute Gasteiger partial charge is 0.466 e. The van der Waals surface area contributed by atoms with Gasteiger partial charge in [0.2, 0.25) is 6.10 Å². The van der Waals surface area contributed by atoms with Crippen molar-refractivity contribution < 1.29 is 14.3 Å². The van der Waals surface area contributed by atoms with E-state index in [-0.39, 0.29) is 0 Å². The summed E-state index contributed by atoms with van der Waals surface area (Å²) in [4.78, 5) is 10.9. The van der Waals surface area contributed by atoms with Gasteiger partial charge in [0.25, 0.3) is 6.26 Å². The highest BCUT2D eigenvalue weighted by Gasteiger charge is 2.19. The zero-order chi connectivity index (χ0) is 9.40. The van der Waals surface area contributed by atoms with Crippen LogP contribution in [-0.4, -0.2) is 19.2 Å². The molecule has 1 atom stereocenters. The summed E-state index contributed by atoms with van der Waals surface area (Å²) in [5.41, 5.74) is 0. The number of hydrogen-bond donors (Lipinski definition) is 0. The van der Waals surface area contributed by atoms with Gasteiger partial charge in [-0.2, -0.15) is 5.26 Å². The Balaban J connectivity index is 3.87. The summed E-state index contributed by atoms with van der Waals surface area (Å²) in [6.07, 6.45) is 3.12. The van der Waals surface area contributed by atoms with Crippen LogP contribution >= 0.6 is 0 Å². The summed E-state index contributed by atoms with van der Waals surface area (Å²) in [5.74, 6) is -0.481. The average molecular weight is 171 g/mol. The highest BCUT2D eigenvalue weighted by atomic mass is 16.6. The molecule has 0 N–H and O–H groups in total. The zero-order valence-corrected chi connectivity index (χ0v) is 7.37. The molecule has 12 heavy (non-hydrogen) atoms. The van der Waals surface area contributed by atoms with Crippen molar-refractivity contribution in [1.29, 1.82) is 5.26 Å². The third-order valence-corrected chi connectivity index (χ3v) is 1.48. The van der Waals surface area contributed by atoms with Crippen molar-refractivity contribution in [2.75, 3.05) is 7.11 Å². The quantitative estimate of drug-likeness (QED) is 0.461. The first kappa shape index (κ1) is 10.8. The molecule has 0 bridgehead atoms. The molecule has 0 spiro atoms. The molecule has 0 aliphatic heterocycles. The molecule has 0 amide bonds. The SMILES string of the molecule is CCCCC(OC#N)C(=O)OC. The lowest BCUT2D eigenvalue weighted by molar-refractivity contribution is -0.150. The van der Waals surface area contributed by atoms with E-state index in [4.69, 9.17) is 5.26 Å². The van der Waals surface area contributed by atoms with Crippen molar-refractivity contribution in [3.05, 3.63) is 0 Å². The number of ether oxygens (including phenoxy) is 2. The Bertz CT molecular complexity index is 174. The standard InChI is InChI=1S/C8H13NO3/c1-3-4-5-7(12-6-9)8(10)11-2/h7H,3-5H2,1-2H3. The van der Waals surface area contributed by atoms with Gasteiger partial charge in [-0.25, -0.2) is 4.79 Å². The number of nitriles is 1. The van der Waals surface area contributed by atoms with Crippen LogP contribution < -0.4 is 0 Å². The second kappa shape index (κ2) is 6.47. The smallest absolute Gasteiger partial charge is 0.348 e. The lowest BCUT2D eigenvalue weighted by Crippen LogP contribution is -2.23. The topological polar surface area (TPSA) is 59.3 Å². The molecule has 68 valence electrons. The first-order valence-electron chi connectivity index (χ1n) is 3.88. The van der Waals surface area contributed by atoms with E-state index in [9.17, 15) is 4.79 Å². The highest BCUT2D eigenvalue weighted by Crippen LogP contribution is 2.05. The summed E-state index contributed by atoms with van der Waals surface area (Å²) in [7, 11) is 1.28. The number of carbonyl (C=O) groups excluding carboxylic acids is 1. The van der Waals surface area contributed by atoms with Gasteiger partial charge in [-0.1, -0.05) is 13.3 Å². The van der Waals surface area contributed by atoms with Crippen LogP contribution in [0.2, 0.25) is 0 Å². The number of esters is 1. The van der Waals surface area contributed by atoms with Crippen molar-refractivity contribution in [2.45, 2.75) is 32.3 Å². The number of hydrogen-bond acceptors (Lipinski definition) is 4. The minimum Gasteiger partial charge on any atom is -0.466 e. The summed E-state index contributed by atoms with van der Waals surface area (Å²) in [6.45, 7) is 2.00. The molecule has 4 heteroatoms. The molecule has 0 aromatic rings. The van der Waals surface area contributed by atoms with E-state index in [0.29, 0.717) is 6.42 Å². The van der Waals surface area contributed by atoms with Gasteiger partial charge in [0.1, 0.15) is 0 Å². The molecule has 0 radical (unpaired) electrons. The van der Waals surface area contributed by atoms with E-state index in [1.807, 2.05) is 6.92 Å². The fraction of sp³-hybridized carbons (Fsp3) is 0.750. The summed E-state index contributed by atoms with van der Waals surface area (Å²) < 4.78 is 8.97. The maximum Gasteiger partial charge on any atom is 0.348 e. The second-order valence-electron chi connectivity index (χ2n) is 2.36. The van der Waals surface area contributed by atoms with Crippen LogP contribution in [0.5, 0.6) is 0 Å². The van der Waals surface area contributed by atoms with Crippen molar-refractivity contribution in [2.24, 2.45) is 0 Å². The van der Waals surface area contributed by atoms with Crippen molar-refractivity contribution in [1.82, 2.24) is 0 Å². The van der Waals surface area contributed by atoms with E-state index in [0.717, 1.165) is 12.8 Å². The number of methoxy groups -OCH3 is 1. The van der Waals surface area contributed by atoms with Gasteiger partial charge >= 0.3 is 5.97 Å². The van der Waals surface area contributed by atoms with Crippen LogP contribution in [-0.2, 0) is 14.3 Å². The molecular weight excluding hydrogens is 158 g/mol. The van der Waals surface area contributed by atoms with Crippen molar-refractivity contribution in [3.63, 3.8) is 0 Å². The van der Waals surface area contributed by atoms with Gasteiger partial charge in [0, 0.05) is 0 Å². The molecule has 0 saturated carbocycles. The van der Waals surface area contributed by atoms with E-state index in [1.54, 1.807) is 0 Å². The number of nitrogens with zero attached hydrogens (tertiary/aromatic N) is 1. The Morgan fingerprint density at radius 3 is 2.75 bits per heavy atom. The molecular formula is C8H13NO3. The van der Waals surface area contributed by atoms with E-state index >= 15 is 0 Å². The van der Waals surface area contributed by atoms with Crippen molar-refractivity contribution in [3.8, 4) is 6.26 Å². The molecule has 0 heterocycles. The van der Waals surface area contributed by atoms with E-state index in [1.165, 1.54) is 13.4 Å². The van der Waals surface area contributed by atoms with Gasteiger partial charge < -0.3 is 9.47 Å². The van der Waals surface area contributed by atoms with Crippen LogP contribution in [0.4, 0.5) is 0 Å². The first-order valence-corrected chi connectivity index (χ1v) is 3.88. The van der Waals surface area contributed by atoms with Gasteiger partial charge in [-0.15, -0.1) is 0 Å². The van der Waals surface area contributed by atoms with Crippen LogP contribution in [0.1, 0.15) is 26.2 Å². The summed E-state index contributed by atoms with van der Waals surface area (Å²) in [5, 5.41) is 8.20. The third-order valence-electron chi connectivity index (χ3n) is 1.48. The molecule has 0 saturated heterocycles. The van der Waals surface area contributed by atoms with Crippen LogP contribution in [0, 0.1) is 11.5 Å². The maximum absolute atomic E-state index is 10.9. The Morgan fingerprint density at radius 2 is 2.33 bits per heavy atom. The molecule has 4 nitrogen and oxygen atoms in total. The molecule has 0 aliphatic rings. The first-order chi connectivity index (χ1) is 5.76. The normalized spacial score (nSPS) is 11.4. The second-order valence-corrected chi connectivity index (χ2v) is 2.36. The molecule has 0 aromatic carbocycles. The molecule has 0 aromatic heterocycles. The summed E-state index contributed by atoms with van der Waals surface area (Å²) in [6, 6.07) is 0. The van der Waals surface area contributed by atoms with E-state index in [2.05, 4.69) is 9.47 Å². The number of unbranched alkanes of at least 4 members (excludes halogenated alkanes) is 1. The fourth-order valence-corrected chi connectivity index (χ4v) is 0.809. The Labute approximate surface area is 72.1 Å². The fourth-order valence-electron chi connectivity index (χ4n) is 0.809. The zero-order valence-electron chi connectivity index (χ0n) is 7.37. The third kappa shape index (κ3) is 3.81. The van der Waals surface area contributed by atoms with Crippen LogP contribution in [0.15, 0.2) is 0 Å².